The smallest absolute Gasteiger partial charge is 0.128 e. The SMILES string of the molecule is Cc1cccc(-c2cccc(C3Cc4ccc(Br)cc4O3)c2)c1. The van der Waals surface area contributed by atoms with Crippen LogP contribution >= 0.6 is 15.9 Å². The van der Waals surface area contributed by atoms with Crippen LogP contribution in [0.2, 0.25) is 0 Å². The lowest BCUT2D eigenvalue weighted by molar-refractivity contribution is 0.238. The highest BCUT2D eigenvalue weighted by atomic mass is 79.9. The average molecular weight is 365 g/mol. The van der Waals surface area contributed by atoms with Gasteiger partial charge in [-0.05, 0) is 47.4 Å². The molecule has 3 aromatic carbocycles. The zero-order valence-corrected chi connectivity index (χ0v) is 14.5. The lowest BCUT2D eigenvalue weighted by Crippen LogP contribution is -2.03. The molecule has 0 aromatic heterocycles. The van der Waals surface area contributed by atoms with Crippen molar-refractivity contribution in [3.05, 3.63) is 87.9 Å². The Bertz CT molecular complexity index is 869. The molecular formula is C21H17BrO. The van der Waals surface area contributed by atoms with Crippen LogP contribution in [0.3, 0.4) is 0 Å². The van der Waals surface area contributed by atoms with E-state index in [0.29, 0.717) is 0 Å². The van der Waals surface area contributed by atoms with E-state index < -0.39 is 0 Å². The predicted molar refractivity (Wildman–Crippen MR) is 97.8 cm³/mol. The molecule has 0 radical (unpaired) electrons. The van der Waals surface area contributed by atoms with E-state index in [4.69, 9.17) is 4.74 Å². The number of fused-ring (bicyclic) bond motifs is 1. The molecule has 0 fully saturated rings. The van der Waals surface area contributed by atoms with Crippen LogP contribution in [0.15, 0.2) is 71.2 Å². The molecule has 1 nitrogen and oxygen atoms in total. The van der Waals surface area contributed by atoms with Crippen molar-refractivity contribution in [1.82, 2.24) is 0 Å². The first-order valence-electron chi connectivity index (χ1n) is 7.81. The van der Waals surface area contributed by atoms with Gasteiger partial charge in [-0.1, -0.05) is 70.0 Å². The monoisotopic (exact) mass is 364 g/mol. The van der Waals surface area contributed by atoms with Gasteiger partial charge in [0.2, 0.25) is 0 Å². The lowest BCUT2D eigenvalue weighted by Gasteiger charge is -2.13. The molecule has 0 amide bonds. The molecule has 0 saturated heterocycles. The summed E-state index contributed by atoms with van der Waals surface area (Å²) in [6.07, 6.45) is 1.03. The molecule has 4 rings (SSSR count). The number of hydrogen-bond acceptors (Lipinski definition) is 1. The van der Waals surface area contributed by atoms with Crippen LogP contribution in [0, 0.1) is 6.92 Å². The maximum Gasteiger partial charge on any atom is 0.128 e. The van der Waals surface area contributed by atoms with Crippen molar-refractivity contribution in [3.8, 4) is 16.9 Å². The summed E-state index contributed by atoms with van der Waals surface area (Å²) in [5.74, 6) is 0.991. The van der Waals surface area contributed by atoms with Crippen LogP contribution < -0.4 is 4.74 Å². The van der Waals surface area contributed by atoms with E-state index in [0.717, 1.165) is 16.6 Å². The second-order valence-corrected chi connectivity index (χ2v) is 6.97. The second-order valence-electron chi connectivity index (χ2n) is 6.06. The van der Waals surface area contributed by atoms with E-state index in [2.05, 4.69) is 89.6 Å². The van der Waals surface area contributed by atoms with Crippen molar-refractivity contribution < 1.29 is 4.74 Å². The second kappa shape index (κ2) is 5.86. The average Bonchev–Trinajstić information content (AvgIpc) is 2.98. The van der Waals surface area contributed by atoms with Gasteiger partial charge in [-0.2, -0.15) is 0 Å². The van der Waals surface area contributed by atoms with Crippen LogP contribution in [0.5, 0.6) is 5.75 Å². The van der Waals surface area contributed by atoms with Crippen LogP contribution in [0.25, 0.3) is 11.1 Å². The molecule has 1 heterocycles. The molecular weight excluding hydrogens is 348 g/mol. The fourth-order valence-electron chi connectivity index (χ4n) is 3.13. The molecule has 114 valence electrons. The number of benzene rings is 3. The number of halogens is 1. The summed E-state index contributed by atoms with van der Waals surface area (Å²) in [5, 5.41) is 0. The van der Waals surface area contributed by atoms with Gasteiger partial charge >= 0.3 is 0 Å². The number of hydrogen-bond donors (Lipinski definition) is 0. The summed E-state index contributed by atoms with van der Waals surface area (Å²) in [5.41, 5.74) is 6.29. The van der Waals surface area contributed by atoms with Gasteiger partial charge in [0.05, 0.1) is 0 Å². The summed E-state index contributed by atoms with van der Waals surface area (Å²) in [6, 6.07) is 23.6. The topological polar surface area (TPSA) is 9.23 Å². The Morgan fingerprint density at radius 2 is 1.70 bits per heavy atom. The third-order valence-corrected chi connectivity index (χ3v) is 4.81. The lowest BCUT2D eigenvalue weighted by atomic mass is 9.98. The van der Waals surface area contributed by atoms with Gasteiger partial charge in [-0.3, -0.25) is 0 Å². The molecule has 1 aliphatic rings. The molecule has 0 saturated carbocycles. The summed E-state index contributed by atoms with van der Waals surface area (Å²) in [4.78, 5) is 0. The molecule has 23 heavy (non-hydrogen) atoms. The fourth-order valence-corrected chi connectivity index (χ4v) is 3.47. The first-order valence-corrected chi connectivity index (χ1v) is 8.60. The highest BCUT2D eigenvalue weighted by molar-refractivity contribution is 9.10. The van der Waals surface area contributed by atoms with Gasteiger partial charge in [-0.15, -0.1) is 0 Å². The van der Waals surface area contributed by atoms with Crippen LogP contribution in [-0.4, -0.2) is 0 Å². The van der Waals surface area contributed by atoms with E-state index in [1.807, 2.05) is 0 Å². The molecule has 0 spiro atoms. The number of ether oxygens (including phenoxy) is 1. The Morgan fingerprint density at radius 1 is 0.913 bits per heavy atom. The maximum absolute atomic E-state index is 6.16. The summed E-state index contributed by atoms with van der Waals surface area (Å²) >= 11 is 3.51. The minimum atomic E-state index is 0.101. The molecule has 0 N–H and O–H groups in total. The number of aryl methyl sites for hydroxylation is 1. The largest absolute Gasteiger partial charge is 0.485 e. The van der Waals surface area contributed by atoms with Gasteiger partial charge in [0.15, 0.2) is 0 Å². The van der Waals surface area contributed by atoms with Crippen molar-refractivity contribution in [2.45, 2.75) is 19.4 Å². The summed E-state index contributed by atoms with van der Waals surface area (Å²) in [6.45, 7) is 2.13. The quantitative estimate of drug-likeness (QED) is 0.533. The predicted octanol–water partition coefficient (Wildman–Crippen LogP) is 6.10. The Kier molecular flexibility index (Phi) is 3.70. The van der Waals surface area contributed by atoms with E-state index in [1.165, 1.54) is 27.8 Å². The summed E-state index contributed by atoms with van der Waals surface area (Å²) < 4.78 is 7.22. The first-order chi connectivity index (χ1) is 11.2. The Morgan fingerprint density at radius 3 is 2.52 bits per heavy atom. The third-order valence-electron chi connectivity index (χ3n) is 4.31. The Labute approximate surface area is 145 Å². The Balaban J connectivity index is 1.65. The van der Waals surface area contributed by atoms with E-state index >= 15 is 0 Å². The minimum Gasteiger partial charge on any atom is -0.485 e. The van der Waals surface area contributed by atoms with Gasteiger partial charge in [-0.25, -0.2) is 0 Å². The first kappa shape index (κ1) is 14.5. The van der Waals surface area contributed by atoms with Gasteiger partial charge in [0, 0.05) is 10.9 Å². The zero-order chi connectivity index (χ0) is 15.8. The van der Waals surface area contributed by atoms with E-state index in [-0.39, 0.29) is 6.10 Å². The molecule has 1 atom stereocenters. The van der Waals surface area contributed by atoms with Crippen molar-refractivity contribution in [2.24, 2.45) is 0 Å². The van der Waals surface area contributed by atoms with Crippen LogP contribution in [0.4, 0.5) is 0 Å². The van der Waals surface area contributed by atoms with Crippen molar-refractivity contribution >= 4 is 15.9 Å². The Hall–Kier alpha value is -2.06. The van der Waals surface area contributed by atoms with Crippen molar-refractivity contribution in [2.75, 3.05) is 0 Å². The highest BCUT2D eigenvalue weighted by Crippen LogP contribution is 2.39. The molecule has 0 bridgehead atoms. The molecule has 1 aliphatic heterocycles. The minimum absolute atomic E-state index is 0.101. The molecule has 1 unspecified atom stereocenters. The molecule has 0 aliphatic carbocycles. The normalized spacial score (nSPS) is 16.0. The van der Waals surface area contributed by atoms with Gasteiger partial charge < -0.3 is 4.74 Å². The van der Waals surface area contributed by atoms with Crippen molar-refractivity contribution in [3.63, 3.8) is 0 Å². The maximum atomic E-state index is 6.16. The standard InChI is InChI=1S/C21H17BrO/c1-14-4-2-5-15(10-14)16-6-3-7-17(11-16)20-12-18-8-9-19(22)13-21(18)23-20/h2-11,13,20H,12H2,1H3. The third kappa shape index (κ3) is 2.91. The van der Waals surface area contributed by atoms with Gasteiger partial charge in [0.25, 0.3) is 0 Å². The van der Waals surface area contributed by atoms with Crippen molar-refractivity contribution in [1.29, 1.82) is 0 Å². The van der Waals surface area contributed by atoms with Crippen LogP contribution in [-0.2, 0) is 6.42 Å². The highest BCUT2D eigenvalue weighted by Gasteiger charge is 2.24. The zero-order valence-electron chi connectivity index (χ0n) is 12.9. The van der Waals surface area contributed by atoms with Crippen LogP contribution in [0.1, 0.15) is 22.8 Å². The molecule has 2 heteroatoms. The van der Waals surface area contributed by atoms with E-state index in [9.17, 15) is 0 Å². The number of rotatable bonds is 2. The van der Waals surface area contributed by atoms with E-state index in [1.54, 1.807) is 0 Å². The molecule has 3 aromatic rings. The van der Waals surface area contributed by atoms with Gasteiger partial charge in [0.1, 0.15) is 11.9 Å². The summed E-state index contributed by atoms with van der Waals surface area (Å²) in [7, 11) is 0. The fraction of sp³-hybridized carbons (Fsp3) is 0.143.